The van der Waals surface area contributed by atoms with Crippen molar-refractivity contribution in [2.24, 2.45) is 0 Å². The minimum Gasteiger partial charge on any atom is -0.218 e. The highest BCUT2D eigenvalue weighted by atomic mass is 28.3. The summed E-state index contributed by atoms with van der Waals surface area (Å²) >= 11 is 0. The molecule has 7 heteroatoms. The number of hydrogen-bond acceptors (Lipinski definition) is 6. The number of nitrogens with zero attached hydrogens (tertiary/aromatic N) is 6. The second kappa shape index (κ2) is 9.97. The summed E-state index contributed by atoms with van der Waals surface area (Å²) in [5, 5.41) is 8.86. The van der Waals surface area contributed by atoms with E-state index in [1.54, 1.807) is 0 Å². The van der Waals surface area contributed by atoms with Crippen LogP contribution >= 0.6 is 0 Å². The summed E-state index contributed by atoms with van der Waals surface area (Å²) in [5.74, 6) is 4.90. The number of aryl methyl sites for hydroxylation is 4. The molecule has 6 aromatic rings. The summed E-state index contributed by atoms with van der Waals surface area (Å²) in [7, 11) is -1.74. The van der Waals surface area contributed by atoms with E-state index in [1.807, 2.05) is 0 Å². The minimum absolute atomic E-state index is 0.755. The Hall–Kier alpha value is -3.84. The third-order valence-corrected chi connectivity index (χ3v) is 9.82. The van der Waals surface area contributed by atoms with Gasteiger partial charge in [0.25, 0.3) is 0 Å². The summed E-state index contributed by atoms with van der Waals surface area (Å²) in [4.78, 5) is 28.9. The normalized spacial score (nSPS) is 12.3. The van der Waals surface area contributed by atoms with Gasteiger partial charge in [0.1, 0.15) is 23.3 Å². The quantitative estimate of drug-likeness (QED) is 0.158. The van der Waals surface area contributed by atoms with Gasteiger partial charge in [0.15, 0.2) is 11.6 Å². The third kappa shape index (κ3) is 4.33. The zero-order valence-corrected chi connectivity index (χ0v) is 25.6. The van der Waals surface area contributed by atoms with E-state index in [4.69, 9.17) is 19.9 Å². The fourth-order valence-electron chi connectivity index (χ4n) is 5.71. The Balaban J connectivity index is 1.75. The van der Waals surface area contributed by atoms with Gasteiger partial charge in [-0.25, -0.2) is 29.9 Å². The second-order valence-electron chi connectivity index (χ2n) is 11.5. The van der Waals surface area contributed by atoms with Crippen molar-refractivity contribution in [1.82, 2.24) is 29.9 Å². The van der Waals surface area contributed by atoms with Crippen molar-refractivity contribution in [2.75, 3.05) is 0 Å². The van der Waals surface area contributed by atoms with E-state index in [0.717, 1.165) is 71.8 Å². The zero-order chi connectivity index (χ0) is 28.2. The SMILES string of the molecule is CCc1nc(CC)nc(-c2ccc3ccc4c([Si](C)(C)C)cc(-c5nc(CC)nc(CC)n5)c5ccc2c3c54)n1. The van der Waals surface area contributed by atoms with Gasteiger partial charge in [0.05, 0.1) is 8.07 Å². The lowest BCUT2D eigenvalue weighted by molar-refractivity contribution is 0.832. The van der Waals surface area contributed by atoms with E-state index in [2.05, 4.69) is 99.8 Å². The first-order valence-corrected chi connectivity index (χ1v) is 18.0. The van der Waals surface area contributed by atoms with Gasteiger partial charge in [-0.15, -0.1) is 0 Å². The van der Waals surface area contributed by atoms with Crippen LogP contribution in [-0.2, 0) is 25.7 Å². The maximum absolute atomic E-state index is 4.95. The molecule has 0 fully saturated rings. The van der Waals surface area contributed by atoms with Gasteiger partial charge in [0.2, 0.25) is 0 Å². The first-order valence-electron chi connectivity index (χ1n) is 14.5. The van der Waals surface area contributed by atoms with E-state index in [-0.39, 0.29) is 0 Å². The first-order chi connectivity index (χ1) is 19.2. The molecule has 0 aliphatic carbocycles. The highest BCUT2D eigenvalue weighted by Gasteiger charge is 2.25. The van der Waals surface area contributed by atoms with Gasteiger partial charge in [-0.1, -0.05) is 88.9 Å². The van der Waals surface area contributed by atoms with Crippen LogP contribution in [0.3, 0.4) is 0 Å². The predicted molar refractivity (Wildman–Crippen MR) is 168 cm³/mol. The van der Waals surface area contributed by atoms with Crippen LogP contribution in [0.15, 0.2) is 42.5 Å². The zero-order valence-electron chi connectivity index (χ0n) is 24.6. The minimum atomic E-state index is -1.74. The topological polar surface area (TPSA) is 77.3 Å². The molecule has 0 saturated heterocycles. The lowest BCUT2D eigenvalue weighted by Crippen LogP contribution is -2.38. The van der Waals surface area contributed by atoms with E-state index >= 15 is 0 Å². The lowest BCUT2D eigenvalue weighted by atomic mass is 9.89. The van der Waals surface area contributed by atoms with Crippen LogP contribution in [0.2, 0.25) is 19.6 Å². The molecule has 0 radical (unpaired) electrons. The molecule has 0 amide bonds. The van der Waals surface area contributed by atoms with Crippen LogP contribution in [0.1, 0.15) is 51.0 Å². The predicted octanol–water partition coefficient (Wildman–Crippen LogP) is 7.08. The van der Waals surface area contributed by atoms with Gasteiger partial charge >= 0.3 is 0 Å². The van der Waals surface area contributed by atoms with Gasteiger partial charge in [-0.3, -0.25) is 0 Å². The summed E-state index contributed by atoms with van der Waals surface area (Å²) in [6.07, 6.45) is 3.12. The van der Waals surface area contributed by atoms with Crippen LogP contribution in [0.4, 0.5) is 0 Å². The molecule has 0 atom stereocenters. The molecule has 0 aliphatic rings. The fourth-order valence-corrected chi connectivity index (χ4v) is 7.30. The standard InChI is InChI=1S/C33H36N6Si/c1-8-26-34-27(9-2)37-32(36-26)22-14-12-19-13-15-23-25(40(5,6)7)18-24(21-17-16-20(22)30(19)31(21)23)33-38-28(10-3)35-29(11-4)39-33/h12-18H,8-11H2,1-7H3. The molecular formula is C33H36N6Si. The summed E-state index contributed by atoms with van der Waals surface area (Å²) in [6, 6.07) is 15.8. The average molecular weight is 545 g/mol. The molecule has 4 aromatic carbocycles. The van der Waals surface area contributed by atoms with Crippen LogP contribution in [0, 0.1) is 0 Å². The van der Waals surface area contributed by atoms with Crippen molar-refractivity contribution in [1.29, 1.82) is 0 Å². The van der Waals surface area contributed by atoms with E-state index in [0.29, 0.717) is 0 Å². The van der Waals surface area contributed by atoms with Crippen molar-refractivity contribution < 1.29 is 0 Å². The Bertz CT molecular complexity index is 1840. The monoisotopic (exact) mass is 544 g/mol. The van der Waals surface area contributed by atoms with Crippen molar-refractivity contribution in [3.05, 3.63) is 65.8 Å². The van der Waals surface area contributed by atoms with Crippen LogP contribution in [-0.4, -0.2) is 38.0 Å². The van der Waals surface area contributed by atoms with Crippen LogP contribution in [0.5, 0.6) is 0 Å². The molecule has 0 spiro atoms. The van der Waals surface area contributed by atoms with E-state index < -0.39 is 8.07 Å². The fraction of sp³-hybridized carbons (Fsp3) is 0.333. The molecule has 6 rings (SSSR count). The van der Waals surface area contributed by atoms with Gasteiger partial charge < -0.3 is 0 Å². The molecule has 202 valence electrons. The number of hydrogen-bond donors (Lipinski definition) is 0. The summed E-state index contributed by atoms with van der Waals surface area (Å²) in [5.41, 5.74) is 2.15. The van der Waals surface area contributed by atoms with Crippen LogP contribution in [0.25, 0.3) is 55.1 Å². The Morgan fingerprint density at radius 1 is 0.500 bits per heavy atom. The van der Waals surface area contributed by atoms with Gasteiger partial charge in [-0.05, 0) is 38.4 Å². The molecular weight excluding hydrogens is 508 g/mol. The lowest BCUT2D eigenvalue weighted by Gasteiger charge is -2.24. The summed E-state index contributed by atoms with van der Waals surface area (Å²) < 4.78 is 0. The Kier molecular flexibility index (Phi) is 6.57. The number of benzene rings is 4. The second-order valence-corrected chi connectivity index (χ2v) is 16.5. The molecule has 0 bridgehead atoms. The number of rotatable bonds is 7. The van der Waals surface area contributed by atoms with Crippen molar-refractivity contribution in [2.45, 2.75) is 73.0 Å². The highest BCUT2D eigenvalue weighted by Crippen LogP contribution is 2.41. The Morgan fingerprint density at radius 2 is 0.950 bits per heavy atom. The van der Waals surface area contributed by atoms with Crippen LogP contribution < -0.4 is 5.19 Å². The molecule has 0 saturated carbocycles. The third-order valence-electron chi connectivity index (χ3n) is 7.79. The average Bonchev–Trinajstić information content (AvgIpc) is 2.98. The van der Waals surface area contributed by atoms with Gasteiger partial charge in [-0.2, -0.15) is 0 Å². The van der Waals surface area contributed by atoms with Crippen molar-refractivity contribution >= 4 is 45.6 Å². The molecule has 2 heterocycles. The molecule has 2 aromatic heterocycles. The van der Waals surface area contributed by atoms with Crippen molar-refractivity contribution in [3.8, 4) is 22.8 Å². The van der Waals surface area contributed by atoms with Crippen molar-refractivity contribution in [3.63, 3.8) is 0 Å². The van der Waals surface area contributed by atoms with E-state index in [9.17, 15) is 0 Å². The highest BCUT2D eigenvalue weighted by molar-refractivity contribution is 6.90. The molecule has 0 N–H and O–H groups in total. The first kappa shape index (κ1) is 26.4. The maximum Gasteiger partial charge on any atom is 0.163 e. The van der Waals surface area contributed by atoms with Gasteiger partial charge in [0, 0.05) is 36.8 Å². The summed E-state index contributed by atoms with van der Waals surface area (Å²) in [6.45, 7) is 15.6. The smallest absolute Gasteiger partial charge is 0.163 e. The Morgan fingerprint density at radius 3 is 1.45 bits per heavy atom. The van der Waals surface area contributed by atoms with E-state index in [1.165, 1.54) is 37.5 Å². The molecule has 0 unspecified atom stereocenters. The number of aromatic nitrogens is 6. The largest absolute Gasteiger partial charge is 0.218 e. The Labute approximate surface area is 236 Å². The molecule has 0 aliphatic heterocycles. The molecule has 40 heavy (non-hydrogen) atoms. The molecule has 6 nitrogen and oxygen atoms in total. The maximum atomic E-state index is 4.95.